The highest BCUT2D eigenvalue weighted by molar-refractivity contribution is 5.97. The average Bonchev–Trinajstić information content (AvgIpc) is 2.58. The van der Waals surface area contributed by atoms with Crippen LogP contribution in [0.4, 0.5) is 0 Å². The molecule has 0 aliphatic carbocycles. The van der Waals surface area contributed by atoms with E-state index in [0.717, 1.165) is 12.2 Å². The van der Waals surface area contributed by atoms with Gasteiger partial charge in [0, 0.05) is 24.0 Å². The molecule has 0 fully saturated rings. The molecule has 3 nitrogen and oxygen atoms in total. The van der Waals surface area contributed by atoms with Crippen molar-refractivity contribution in [1.29, 1.82) is 0 Å². The van der Waals surface area contributed by atoms with Crippen LogP contribution in [-0.2, 0) is 0 Å². The van der Waals surface area contributed by atoms with Crippen LogP contribution in [0.3, 0.4) is 0 Å². The maximum atomic E-state index is 12.1. The van der Waals surface area contributed by atoms with Crippen molar-refractivity contribution < 1.29 is 4.79 Å². The fourth-order valence-corrected chi connectivity index (χ4v) is 2.03. The van der Waals surface area contributed by atoms with E-state index in [2.05, 4.69) is 23.6 Å². The van der Waals surface area contributed by atoms with E-state index in [1.807, 2.05) is 37.4 Å². The molecule has 18 heavy (non-hydrogen) atoms. The maximum Gasteiger partial charge on any atom is 0.182 e. The van der Waals surface area contributed by atoms with E-state index in [-0.39, 0.29) is 18.2 Å². The molecule has 0 N–H and O–H groups in total. The smallest absolute Gasteiger partial charge is 0.182 e. The highest BCUT2D eigenvalue weighted by atomic mass is 35.5. The molecule has 1 aliphatic rings. The first-order chi connectivity index (χ1) is 8.09. The lowest BCUT2D eigenvalue weighted by molar-refractivity contribution is 0.0942. The number of benzene rings is 1. The summed E-state index contributed by atoms with van der Waals surface area (Å²) >= 11 is 0. The number of rotatable bonds is 3. The zero-order valence-electron chi connectivity index (χ0n) is 11.0. The topological polar surface area (TPSA) is 23.6 Å². The van der Waals surface area contributed by atoms with Gasteiger partial charge in [0.15, 0.2) is 5.78 Å². The molecule has 0 saturated heterocycles. The maximum absolute atomic E-state index is 12.1. The Morgan fingerprint density at radius 2 is 1.78 bits per heavy atom. The monoisotopic (exact) mass is 266 g/mol. The van der Waals surface area contributed by atoms with Crippen LogP contribution in [0.5, 0.6) is 0 Å². The number of allylic oxidation sites excluding steroid dienone is 2. The molecule has 0 spiro atoms. The highest BCUT2D eigenvalue weighted by Crippen LogP contribution is 2.21. The molecule has 0 bridgehead atoms. The SMILES string of the molecule is CC1=C(C)N(CC(=O)c2ccccc2)CN1C.Cl. The summed E-state index contributed by atoms with van der Waals surface area (Å²) in [6.07, 6.45) is 0. The van der Waals surface area contributed by atoms with Crippen LogP contribution in [0.25, 0.3) is 0 Å². The Morgan fingerprint density at radius 3 is 2.28 bits per heavy atom. The third-order valence-corrected chi connectivity index (χ3v) is 3.38. The van der Waals surface area contributed by atoms with Crippen molar-refractivity contribution in [3.05, 3.63) is 47.3 Å². The van der Waals surface area contributed by atoms with Gasteiger partial charge < -0.3 is 9.80 Å². The fourth-order valence-electron chi connectivity index (χ4n) is 2.03. The lowest BCUT2D eigenvalue weighted by atomic mass is 10.1. The Hall–Kier alpha value is -1.48. The minimum absolute atomic E-state index is 0. The number of nitrogens with zero attached hydrogens (tertiary/aromatic N) is 2. The molecule has 0 radical (unpaired) electrons. The summed E-state index contributed by atoms with van der Waals surface area (Å²) in [6, 6.07) is 9.46. The Labute approximate surface area is 114 Å². The van der Waals surface area contributed by atoms with E-state index in [1.54, 1.807) is 0 Å². The van der Waals surface area contributed by atoms with Gasteiger partial charge in [0.25, 0.3) is 0 Å². The van der Waals surface area contributed by atoms with E-state index >= 15 is 0 Å². The third kappa shape index (κ3) is 2.85. The van der Waals surface area contributed by atoms with Crippen LogP contribution < -0.4 is 0 Å². The average molecular weight is 267 g/mol. The number of carbonyl (C=O) groups excluding carboxylic acids is 1. The van der Waals surface area contributed by atoms with E-state index in [1.165, 1.54) is 11.4 Å². The molecular weight excluding hydrogens is 248 g/mol. The predicted molar refractivity (Wildman–Crippen MR) is 75.7 cm³/mol. The summed E-state index contributed by atoms with van der Waals surface area (Å²) in [5.74, 6) is 0.174. The van der Waals surface area contributed by atoms with Gasteiger partial charge in [-0.25, -0.2) is 0 Å². The molecular formula is C14H19ClN2O. The van der Waals surface area contributed by atoms with Gasteiger partial charge in [-0.05, 0) is 13.8 Å². The molecule has 4 heteroatoms. The molecule has 0 atom stereocenters. The number of carbonyl (C=O) groups is 1. The second kappa shape index (κ2) is 5.91. The number of hydrogen-bond donors (Lipinski definition) is 0. The van der Waals surface area contributed by atoms with Gasteiger partial charge in [0.2, 0.25) is 0 Å². The van der Waals surface area contributed by atoms with Crippen molar-refractivity contribution in [1.82, 2.24) is 9.80 Å². The summed E-state index contributed by atoms with van der Waals surface area (Å²) in [7, 11) is 2.05. The number of halogens is 1. The number of hydrogen-bond acceptors (Lipinski definition) is 3. The van der Waals surface area contributed by atoms with Crippen LogP contribution in [0.2, 0.25) is 0 Å². The first kappa shape index (κ1) is 14.6. The van der Waals surface area contributed by atoms with Crippen LogP contribution in [-0.4, -0.2) is 35.8 Å². The summed E-state index contributed by atoms with van der Waals surface area (Å²) in [5, 5.41) is 0. The van der Waals surface area contributed by atoms with Crippen molar-refractivity contribution in [2.75, 3.05) is 20.3 Å². The zero-order chi connectivity index (χ0) is 12.4. The number of ketones is 1. The Morgan fingerprint density at radius 1 is 1.17 bits per heavy atom. The first-order valence-electron chi connectivity index (χ1n) is 5.81. The van der Waals surface area contributed by atoms with Crippen molar-refractivity contribution >= 4 is 18.2 Å². The minimum atomic E-state index is 0. The molecule has 1 aromatic carbocycles. The van der Waals surface area contributed by atoms with Crippen molar-refractivity contribution in [2.24, 2.45) is 0 Å². The summed E-state index contributed by atoms with van der Waals surface area (Å²) in [5.41, 5.74) is 3.22. The molecule has 1 aliphatic heterocycles. The van der Waals surface area contributed by atoms with Crippen LogP contribution >= 0.6 is 12.4 Å². The highest BCUT2D eigenvalue weighted by Gasteiger charge is 2.22. The van der Waals surface area contributed by atoms with E-state index in [9.17, 15) is 4.79 Å². The molecule has 1 aromatic rings. The molecule has 0 aromatic heterocycles. The van der Waals surface area contributed by atoms with Crippen molar-refractivity contribution in [3.63, 3.8) is 0 Å². The lowest BCUT2D eigenvalue weighted by Gasteiger charge is -2.20. The Balaban J connectivity index is 0.00000162. The molecule has 98 valence electrons. The second-order valence-electron chi connectivity index (χ2n) is 4.50. The molecule has 1 heterocycles. The largest absolute Gasteiger partial charge is 0.359 e. The van der Waals surface area contributed by atoms with Crippen LogP contribution in [0.1, 0.15) is 24.2 Å². The summed E-state index contributed by atoms with van der Waals surface area (Å²) < 4.78 is 0. The van der Waals surface area contributed by atoms with Crippen molar-refractivity contribution in [2.45, 2.75) is 13.8 Å². The molecule has 0 unspecified atom stereocenters. The zero-order valence-corrected chi connectivity index (χ0v) is 11.8. The Kier molecular flexibility index (Phi) is 4.79. The fraction of sp³-hybridized carbons (Fsp3) is 0.357. The molecule has 2 rings (SSSR count). The minimum Gasteiger partial charge on any atom is -0.359 e. The molecule has 0 saturated carbocycles. The van der Waals surface area contributed by atoms with Gasteiger partial charge in [-0.2, -0.15) is 0 Å². The van der Waals surface area contributed by atoms with Gasteiger partial charge in [-0.1, -0.05) is 30.3 Å². The standard InChI is InChI=1S/C14H18N2O.ClH/c1-11-12(2)16(10-15(11)3)9-14(17)13-7-5-4-6-8-13;/h4-8H,9-10H2,1-3H3;1H. The van der Waals surface area contributed by atoms with Crippen molar-refractivity contribution in [3.8, 4) is 0 Å². The van der Waals surface area contributed by atoms with E-state index < -0.39 is 0 Å². The predicted octanol–water partition coefficient (Wildman–Crippen LogP) is 2.75. The quantitative estimate of drug-likeness (QED) is 0.786. The third-order valence-electron chi connectivity index (χ3n) is 3.38. The summed E-state index contributed by atoms with van der Waals surface area (Å²) in [4.78, 5) is 16.4. The van der Waals surface area contributed by atoms with E-state index in [0.29, 0.717) is 6.54 Å². The van der Waals surface area contributed by atoms with Gasteiger partial charge in [-0.3, -0.25) is 4.79 Å². The van der Waals surface area contributed by atoms with Crippen LogP contribution in [0, 0.1) is 0 Å². The van der Waals surface area contributed by atoms with Gasteiger partial charge >= 0.3 is 0 Å². The first-order valence-corrected chi connectivity index (χ1v) is 5.81. The van der Waals surface area contributed by atoms with Gasteiger partial charge in [0.05, 0.1) is 13.2 Å². The van der Waals surface area contributed by atoms with Gasteiger partial charge in [0.1, 0.15) is 0 Å². The second-order valence-corrected chi connectivity index (χ2v) is 4.50. The number of Topliss-reactive ketones (excluding diaryl/α,β-unsaturated/α-hetero) is 1. The summed E-state index contributed by atoms with van der Waals surface area (Å²) in [6.45, 7) is 5.41. The van der Waals surface area contributed by atoms with Gasteiger partial charge in [-0.15, -0.1) is 12.4 Å². The normalized spacial score (nSPS) is 14.8. The molecule has 0 amide bonds. The van der Waals surface area contributed by atoms with Crippen LogP contribution in [0.15, 0.2) is 41.7 Å². The lowest BCUT2D eigenvalue weighted by Crippen LogP contribution is -2.30. The Bertz CT molecular complexity index is 456. The van der Waals surface area contributed by atoms with E-state index in [4.69, 9.17) is 0 Å².